The molecule has 6 rings (SSSR count). The number of hydrogen-bond donors (Lipinski definition) is 0. The number of unbranched alkanes of at least 4 members (excludes halogenated alkanes) is 7. The molecule has 0 heterocycles. The lowest BCUT2D eigenvalue weighted by molar-refractivity contribution is -0.144. The Morgan fingerprint density at radius 2 is 0.529 bits per heavy atom. The number of hydrogen-bond acceptors (Lipinski definition) is 18. The number of carbonyl (C=O) groups is 8. The fourth-order valence-electron chi connectivity index (χ4n) is 7.68. The van der Waals surface area contributed by atoms with Gasteiger partial charge in [-0.25, -0.2) is 38.4 Å². The smallest absolute Gasteiger partial charge is 0.343 e. The van der Waals surface area contributed by atoms with Crippen LogP contribution in [0.3, 0.4) is 0 Å². The Morgan fingerprint density at radius 3 is 0.862 bits per heavy atom. The molecule has 0 radical (unpaired) electrons. The van der Waals surface area contributed by atoms with Crippen LogP contribution in [0.4, 0.5) is 0 Å². The zero-order valence-electron chi connectivity index (χ0n) is 48.4. The van der Waals surface area contributed by atoms with E-state index in [0.29, 0.717) is 71.9 Å². The van der Waals surface area contributed by atoms with Crippen molar-refractivity contribution in [2.24, 2.45) is 0 Å². The van der Waals surface area contributed by atoms with E-state index in [1.165, 1.54) is 48.5 Å². The highest BCUT2D eigenvalue weighted by molar-refractivity contribution is 5.93. The van der Waals surface area contributed by atoms with Gasteiger partial charge >= 0.3 is 47.8 Å². The third kappa shape index (κ3) is 26.4. The maximum atomic E-state index is 12.6. The van der Waals surface area contributed by atoms with E-state index in [0.717, 1.165) is 112 Å². The molecule has 0 N–H and O–H groups in total. The summed E-state index contributed by atoms with van der Waals surface area (Å²) in [7, 11) is 0. The van der Waals surface area contributed by atoms with Gasteiger partial charge in [0.2, 0.25) is 6.79 Å². The first-order chi connectivity index (χ1) is 42.2. The Balaban J connectivity index is 0.000000321. The molecular weight excluding hydrogens is 1120 g/mol. The van der Waals surface area contributed by atoms with Crippen LogP contribution in [0, 0.1) is 0 Å². The summed E-state index contributed by atoms with van der Waals surface area (Å²) in [5.41, 5.74) is 3.66. The molecule has 6 aromatic rings. The fourth-order valence-corrected chi connectivity index (χ4v) is 7.68. The van der Waals surface area contributed by atoms with E-state index < -0.39 is 47.8 Å². The first-order valence-electron chi connectivity index (χ1n) is 28.1. The molecule has 0 atom stereocenters. The van der Waals surface area contributed by atoms with Gasteiger partial charge in [-0.1, -0.05) is 63.4 Å². The first kappa shape index (κ1) is 67.4. The summed E-state index contributed by atoms with van der Waals surface area (Å²) in [4.78, 5) is 94.2. The minimum Gasteiger partial charge on any atom is -0.494 e. The summed E-state index contributed by atoms with van der Waals surface area (Å²) in [6.45, 7) is 14.8. The number of benzene rings is 6. The fraction of sp³-hybridized carbons (Fsp3) is 0.246. The second-order valence-electron chi connectivity index (χ2n) is 18.9. The SMILES string of the molecule is C=CC(=O)OCCCCCCOc1ccc(C(=O)Oc2ccc(OC(=O)c3ccc(CCCCCCOC(=O)C=C)cc3)cc2)cc1.C=CC(=O)OCCCCc1ccc(C(=O)Oc2ccc(OC(=O)c3ccc(OCOC(=O)C=C)cc3)cc2)cc1. The zero-order chi connectivity index (χ0) is 62.4. The molecule has 18 nitrogen and oxygen atoms in total. The van der Waals surface area contributed by atoms with Gasteiger partial charge in [0.15, 0.2) is 0 Å². The van der Waals surface area contributed by atoms with E-state index in [2.05, 4.69) is 26.3 Å². The van der Waals surface area contributed by atoms with Crippen molar-refractivity contribution >= 4 is 47.8 Å². The molecule has 0 aromatic heterocycles. The van der Waals surface area contributed by atoms with E-state index in [1.807, 2.05) is 24.3 Å². The average molecular weight is 1190 g/mol. The number of ether oxygens (including phenoxy) is 10. The summed E-state index contributed by atoms with van der Waals surface area (Å²) in [5, 5.41) is 0. The maximum Gasteiger partial charge on any atom is 0.343 e. The van der Waals surface area contributed by atoms with Crippen LogP contribution in [0.25, 0.3) is 0 Å². The number of rotatable bonds is 35. The summed E-state index contributed by atoms with van der Waals surface area (Å²) in [6, 6.07) is 39.6. The Morgan fingerprint density at radius 1 is 0.276 bits per heavy atom. The van der Waals surface area contributed by atoms with Crippen molar-refractivity contribution in [1.29, 1.82) is 0 Å². The van der Waals surface area contributed by atoms with Gasteiger partial charge in [0.1, 0.15) is 34.5 Å². The zero-order valence-corrected chi connectivity index (χ0v) is 48.4. The van der Waals surface area contributed by atoms with Gasteiger partial charge in [0.25, 0.3) is 0 Å². The van der Waals surface area contributed by atoms with Crippen LogP contribution in [-0.2, 0) is 51.0 Å². The topological polar surface area (TPSA) is 229 Å². The van der Waals surface area contributed by atoms with Crippen LogP contribution < -0.4 is 28.4 Å². The first-order valence-corrected chi connectivity index (χ1v) is 28.1. The molecule has 0 unspecified atom stereocenters. The molecule has 454 valence electrons. The minimum atomic E-state index is -0.606. The number of aryl methyl sites for hydroxylation is 2. The van der Waals surface area contributed by atoms with Gasteiger partial charge in [0, 0.05) is 24.3 Å². The molecule has 0 fully saturated rings. The standard InChI is InChI=1S/C38H42O9.C31H28O9/c1-3-35(39)44-27-11-6-5-9-13-29-14-16-30(17-15-29)37(41)46-33-22-24-34(25-23-33)47-38(42)31-18-20-32(21-19-31)43-26-10-7-8-12-28-45-36(40)4-2;1-3-28(32)36-20-6-5-7-22-8-10-23(11-9-22)30(34)39-26-16-18-27(19-17-26)40-31(35)24-12-14-25(15-13-24)37-21-38-29(33)4-2/h3-4,14-25H,1-2,5-13,26-28H2;3-4,8-19H,1-2,5-7,20-21H2. The van der Waals surface area contributed by atoms with E-state index in [9.17, 15) is 38.4 Å². The van der Waals surface area contributed by atoms with E-state index in [-0.39, 0.29) is 18.1 Å². The van der Waals surface area contributed by atoms with Crippen molar-refractivity contribution in [2.75, 3.05) is 33.2 Å². The number of esters is 8. The van der Waals surface area contributed by atoms with Crippen molar-refractivity contribution in [3.05, 3.63) is 230 Å². The summed E-state index contributed by atoms with van der Waals surface area (Å²) < 4.78 is 52.3. The molecule has 6 aromatic carbocycles. The molecular formula is C69H70O18. The molecule has 0 aliphatic heterocycles. The van der Waals surface area contributed by atoms with Crippen molar-refractivity contribution in [2.45, 2.75) is 77.0 Å². The largest absolute Gasteiger partial charge is 0.494 e. The molecule has 0 aliphatic carbocycles. The van der Waals surface area contributed by atoms with E-state index >= 15 is 0 Å². The highest BCUT2D eigenvalue weighted by atomic mass is 16.7. The molecule has 0 aliphatic rings. The summed E-state index contributed by atoms with van der Waals surface area (Å²) in [5.74, 6) is -1.69. The lowest BCUT2D eigenvalue weighted by Crippen LogP contribution is -2.10. The second-order valence-corrected chi connectivity index (χ2v) is 18.9. The Labute approximate surface area is 505 Å². The van der Waals surface area contributed by atoms with Crippen LogP contribution >= 0.6 is 0 Å². The van der Waals surface area contributed by atoms with Crippen LogP contribution in [-0.4, -0.2) is 81.0 Å². The van der Waals surface area contributed by atoms with E-state index in [4.69, 9.17) is 47.4 Å². The Kier molecular flexibility index (Phi) is 29.8. The van der Waals surface area contributed by atoms with Crippen LogP contribution in [0.1, 0.15) is 117 Å². The van der Waals surface area contributed by atoms with Crippen LogP contribution in [0.2, 0.25) is 0 Å². The van der Waals surface area contributed by atoms with E-state index in [1.54, 1.807) is 72.8 Å². The van der Waals surface area contributed by atoms with Gasteiger partial charge in [0.05, 0.1) is 48.7 Å². The van der Waals surface area contributed by atoms with Gasteiger partial charge in [-0.2, -0.15) is 0 Å². The quantitative estimate of drug-likeness (QED) is 0.00899. The summed E-state index contributed by atoms with van der Waals surface area (Å²) >= 11 is 0. The van der Waals surface area contributed by atoms with Crippen LogP contribution in [0.15, 0.2) is 196 Å². The highest BCUT2D eigenvalue weighted by Gasteiger charge is 2.15. The molecule has 0 saturated carbocycles. The average Bonchev–Trinajstić information content (AvgIpc) is 3.70. The molecule has 18 heteroatoms. The second kappa shape index (κ2) is 38.5. The van der Waals surface area contributed by atoms with Crippen LogP contribution in [0.5, 0.6) is 34.5 Å². The molecule has 0 spiro atoms. The van der Waals surface area contributed by atoms with Crippen molar-refractivity contribution < 1.29 is 85.7 Å². The lowest BCUT2D eigenvalue weighted by atomic mass is 10.0. The van der Waals surface area contributed by atoms with Gasteiger partial charge in [-0.3, -0.25) is 0 Å². The summed E-state index contributed by atoms with van der Waals surface area (Å²) in [6.07, 6.45) is 15.1. The predicted molar refractivity (Wildman–Crippen MR) is 323 cm³/mol. The molecule has 0 bridgehead atoms. The predicted octanol–water partition coefficient (Wildman–Crippen LogP) is 12.9. The van der Waals surface area contributed by atoms with Gasteiger partial charge < -0.3 is 47.4 Å². The highest BCUT2D eigenvalue weighted by Crippen LogP contribution is 2.24. The van der Waals surface area contributed by atoms with Gasteiger partial charge in [-0.05, 0) is 197 Å². The Bertz CT molecular complexity index is 3200. The molecule has 0 saturated heterocycles. The lowest BCUT2D eigenvalue weighted by Gasteiger charge is -2.09. The Hall–Kier alpha value is -10.4. The van der Waals surface area contributed by atoms with Crippen molar-refractivity contribution in [1.82, 2.24) is 0 Å². The maximum absolute atomic E-state index is 12.6. The number of carbonyl (C=O) groups excluding carboxylic acids is 8. The molecule has 87 heavy (non-hydrogen) atoms. The third-order valence-corrected chi connectivity index (χ3v) is 12.4. The van der Waals surface area contributed by atoms with Crippen molar-refractivity contribution in [3.8, 4) is 34.5 Å². The third-order valence-electron chi connectivity index (χ3n) is 12.4. The molecule has 0 amide bonds. The normalized spacial score (nSPS) is 10.3. The van der Waals surface area contributed by atoms with Crippen molar-refractivity contribution in [3.63, 3.8) is 0 Å². The monoisotopic (exact) mass is 1190 g/mol. The minimum absolute atomic E-state index is 0.269. The van der Waals surface area contributed by atoms with Gasteiger partial charge in [-0.15, -0.1) is 0 Å².